The lowest BCUT2D eigenvalue weighted by Gasteiger charge is -2.48. The van der Waals surface area contributed by atoms with Gasteiger partial charge in [-0.15, -0.1) is 0 Å². The molecule has 0 unspecified atom stereocenters. The van der Waals surface area contributed by atoms with Crippen LogP contribution in [0.4, 0.5) is 0 Å². The number of hydrogen-bond acceptors (Lipinski definition) is 17. The Morgan fingerprint density at radius 2 is 1.04 bits per heavy atom. The van der Waals surface area contributed by atoms with Gasteiger partial charge >= 0.3 is 35.8 Å². The molecule has 2 fully saturated rings. The van der Waals surface area contributed by atoms with Crippen LogP contribution < -0.4 is 0 Å². The van der Waals surface area contributed by atoms with E-state index in [-0.39, 0.29) is 11.1 Å². The number of benzene rings is 2. The van der Waals surface area contributed by atoms with Gasteiger partial charge in [0.2, 0.25) is 0 Å². The van der Waals surface area contributed by atoms with E-state index < -0.39 is 110 Å². The normalized spacial score (nSPS) is 28.7. The number of rotatable bonds is 12. The van der Waals surface area contributed by atoms with Crippen LogP contribution in [0.1, 0.15) is 48.4 Å². The van der Waals surface area contributed by atoms with Crippen molar-refractivity contribution in [3.63, 3.8) is 0 Å². The van der Waals surface area contributed by atoms with Gasteiger partial charge in [-0.1, -0.05) is 36.4 Å². The third kappa shape index (κ3) is 10.3. The van der Waals surface area contributed by atoms with Crippen LogP contribution in [-0.4, -0.2) is 121 Å². The number of aliphatic hydroxyl groups excluding tert-OH is 2. The average molecular weight is 719 g/mol. The van der Waals surface area contributed by atoms with Gasteiger partial charge in [0.1, 0.15) is 24.9 Å². The zero-order valence-corrected chi connectivity index (χ0v) is 28.0. The Balaban J connectivity index is 1.81. The monoisotopic (exact) mass is 718 g/mol. The van der Waals surface area contributed by atoms with Crippen molar-refractivity contribution in [2.24, 2.45) is 0 Å². The molecule has 17 nitrogen and oxygen atoms in total. The highest BCUT2D eigenvalue weighted by atomic mass is 16.8. The minimum atomic E-state index is -2.00. The minimum absolute atomic E-state index is 0.0536. The van der Waals surface area contributed by atoms with E-state index in [1.54, 1.807) is 36.4 Å². The molecule has 2 aromatic carbocycles. The fourth-order valence-electron chi connectivity index (χ4n) is 5.45. The van der Waals surface area contributed by atoms with E-state index in [0.29, 0.717) is 0 Å². The van der Waals surface area contributed by atoms with Gasteiger partial charge in [0, 0.05) is 27.7 Å². The first kappa shape index (κ1) is 38.9. The van der Waals surface area contributed by atoms with Crippen molar-refractivity contribution >= 4 is 35.8 Å². The number of carbonyl (C=O) groups is 6. The third-order valence-electron chi connectivity index (χ3n) is 7.53. The van der Waals surface area contributed by atoms with Crippen molar-refractivity contribution in [2.45, 2.75) is 89.1 Å². The Morgan fingerprint density at radius 1 is 0.569 bits per heavy atom. The maximum atomic E-state index is 13.3. The zero-order chi connectivity index (χ0) is 37.2. The first-order valence-electron chi connectivity index (χ1n) is 15.7. The van der Waals surface area contributed by atoms with Gasteiger partial charge in [0.25, 0.3) is 0 Å². The molecule has 10 atom stereocenters. The molecule has 276 valence electrons. The van der Waals surface area contributed by atoms with E-state index >= 15 is 0 Å². The topological polar surface area (TPSA) is 226 Å². The van der Waals surface area contributed by atoms with Crippen LogP contribution in [0, 0.1) is 0 Å². The molecule has 2 saturated heterocycles. The van der Waals surface area contributed by atoms with Crippen molar-refractivity contribution < 1.29 is 81.6 Å². The molecule has 4 rings (SSSR count). The minimum Gasteiger partial charge on any atom is -0.463 e. The molecule has 2 heterocycles. The summed E-state index contributed by atoms with van der Waals surface area (Å²) in [6.45, 7) is 2.75. The number of esters is 6. The summed E-state index contributed by atoms with van der Waals surface area (Å²) in [6.07, 6.45) is -17.0. The molecule has 17 heteroatoms. The summed E-state index contributed by atoms with van der Waals surface area (Å²) in [5.74, 6) is -5.37. The third-order valence-corrected chi connectivity index (χ3v) is 7.53. The SMILES string of the molecule is CC(=O)OC[C@H]1O[C@H](O[C@@H]2[C@H](OC(=O)c3ccccc3)[C@H](O)O[C@H](CO)[C@H]2OC(=O)c2ccccc2)[C@@H](OC(C)=O)[C@@H](OC(C)=O)[C@@H]1OC(C)=O. The molecule has 0 amide bonds. The molecule has 0 spiro atoms. The molecule has 2 aliphatic heterocycles. The molecule has 51 heavy (non-hydrogen) atoms. The zero-order valence-electron chi connectivity index (χ0n) is 28.0. The lowest BCUT2D eigenvalue weighted by Crippen LogP contribution is -2.67. The van der Waals surface area contributed by atoms with Gasteiger partial charge in [-0.3, -0.25) is 19.2 Å². The quantitative estimate of drug-likeness (QED) is 0.226. The van der Waals surface area contributed by atoms with Crippen LogP contribution >= 0.6 is 0 Å². The van der Waals surface area contributed by atoms with Crippen LogP contribution in [0.5, 0.6) is 0 Å². The Hall–Kier alpha value is -4.94. The molecule has 2 aromatic rings. The molecule has 0 saturated carbocycles. The van der Waals surface area contributed by atoms with Crippen molar-refractivity contribution in [3.05, 3.63) is 71.8 Å². The second-order valence-corrected chi connectivity index (χ2v) is 11.4. The van der Waals surface area contributed by atoms with Gasteiger partial charge in [-0.25, -0.2) is 9.59 Å². The Kier molecular flexibility index (Phi) is 13.6. The Morgan fingerprint density at radius 3 is 1.53 bits per heavy atom. The molecule has 2 N–H and O–H groups in total. The summed E-state index contributed by atoms with van der Waals surface area (Å²) in [6, 6.07) is 15.3. The van der Waals surface area contributed by atoms with Crippen molar-refractivity contribution in [1.29, 1.82) is 0 Å². The summed E-state index contributed by atoms with van der Waals surface area (Å²) in [7, 11) is 0. The highest BCUT2D eigenvalue weighted by Gasteiger charge is 2.57. The summed E-state index contributed by atoms with van der Waals surface area (Å²) >= 11 is 0. The second-order valence-electron chi connectivity index (χ2n) is 11.4. The first-order chi connectivity index (χ1) is 24.3. The highest BCUT2D eigenvalue weighted by molar-refractivity contribution is 5.90. The van der Waals surface area contributed by atoms with Crippen molar-refractivity contribution in [3.8, 4) is 0 Å². The predicted molar refractivity (Wildman–Crippen MR) is 166 cm³/mol. The van der Waals surface area contributed by atoms with E-state index in [0.717, 1.165) is 27.7 Å². The Bertz CT molecular complexity index is 1530. The predicted octanol–water partition coefficient (Wildman–Crippen LogP) is 0.615. The molecule has 0 bridgehead atoms. The van der Waals surface area contributed by atoms with Crippen LogP contribution in [0.2, 0.25) is 0 Å². The van der Waals surface area contributed by atoms with Gasteiger partial charge < -0.3 is 52.8 Å². The maximum Gasteiger partial charge on any atom is 0.338 e. The van der Waals surface area contributed by atoms with Gasteiger partial charge in [0.05, 0.1) is 17.7 Å². The van der Waals surface area contributed by atoms with Crippen LogP contribution in [0.25, 0.3) is 0 Å². The fraction of sp³-hybridized carbons (Fsp3) is 0.471. The standard InChI is InChI=1S/C34H38O17/c1-17(36)43-16-24-26(44-18(2)37)28(45-19(3)38)30(46-20(4)39)34(48-24)51-27-25(49-31(40)21-11-7-5-8-12-21)23(15-35)47-33(42)29(27)50-32(41)22-13-9-6-10-14-22/h5-14,23-30,33-35,42H,15-16H2,1-4H3/t23-,24-,25-,26-,27+,28+,29+,30+,33-,34-/m1/s1. The van der Waals surface area contributed by atoms with Crippen LogP contribution in [0.15, 0.2) is 60.7 Å². The van der Waals surface area contributed by atoms with Crippen LogP contribution in [0.3, 0.4) is 0 Å². The number of ether oxygens (including phenoxy) is 9. The lowest BCUT2D eigenvalue weighted by atomic mass is 9.96. The Labute approximate surface area is 291 Å². The maximum absolute atomic E-state index is 13.3. The van der Waals surface area contributed by atoms with E-state index in [9.17, 15) is 39.0 Å². The van der Waals surface area contributed by atoms with E-state index in [4.69, 9.17) is 42.6 Å². The summed E-state index contributed by atoms with van der Waals surface area (Å²) in [4.78, 5) is 75.3. The van der Waals surface area contributed by atoms with E-state index in [2.05, 4.69) is 0 Å². The molecular formula is C34H38O17. The van der Waals surface area contributed by atoms with Crippen molar-refractivity contribution in [2.75, 3.05) is 13.2 Å². The number of carbonyl (C=O) groups excluding carboxylic acids is 6. The second kappa shape index (κ2) is 17.8. The largest absolute Gasteiger partial charge is 0.463 e. The molecule has 0 radical (unpaired) electrons. The highest BCUT2D eigenvalue weighted by Crippen LogP contribution is 2.35. The average Bonchev–Trinajstić information content (AvgIpc) is 3.08. The molecule has 0 aromatic heterocycles. The first-order valence-corrected chi connectivity index (χ1v) is 15.7. The van der Waals surface area contributed by atoms with Gasteiger partial charge in [-0.2, -0.15) is 0 Å². The van der Waals surface area contributed by atoms with Gasteiger partial charge in [-0.05, 0) is 24.3 Å². The van der Waals surface area contributed by atoms with Gasteiger partial charge in [0.15, 0.2) is 43.1 Å². The summed E-state index contributed by atoms with van der Waals surface area (Å²) < 4.78 is 50.7. The van der Waals surface area contributed by atoms with Crippen molar-refractivity contribution in [1.82, 2.24) is 0 Å². The fourth-order valence-corrected chi connectivity index (χ4v) is 5.45. The smallest absolute Gasteiger partial charge is 0.338 e. The van der Waals surface area contributed by atoms with E-state index in [1.807, 2.05) is 0 Å². The molecule has 0 aliphatic carbocycles. The molecular weight excluding hydrogens is 680 g/mol. The molecule has 2 aliphatic rings. The number of hydrogen-bond donors (Lipinski definition) is 2. The summed E-state index contributed by atoms with van der Waals surface area (Å²) in [5, 5.41) is 21.4. The van der Waals surface area contributed by atoms with Crippen LogP contribution in [-0.2, 0) is 61.8 Å². The van der Waals surface area contributed by atoms with E-state index in [1.165, 1.54) is 24.3 Å². The summed E-state index contributed by atoms with van der Waals surface area (Å²) in [5.41, 5.74) is 0.127. The number of aliphatic hydroxyl groups is 2. The lowest BCUT2D eigenvalue weighted by molar-refractivity contribution is -0.355.